The molecule has 7 heteroatoms. The van der Waals surface area contributed by atoms with E-state index in [1.807, 2.05) is 12.1 Å². The average Bonchev–Trinajstić information content (AvgIpc) is 3.18. The summed E-state index contributed by atoms with van der Waals surface area (Å²) in [7, 11) is 1.59. The van der Waals surface area contributed by atoms with Crippen molar-refractivity contribution in [2.24, 2.45) is 0 Å². The van der Waals surface area contributed by atoms with Gasteiger partial charge in [-0.1, -0.05) is 17.3 Å². The van der Waals surface area contributed by atoms with Gasteiger partial charge in [0.05, 0.1) is 30.1 Å². The molecule has 0 saturated carbocycles. The Bertz CT molecular complexity index is 1140. The van der Waals surface area contributed by atoms with E-state index in [9.17, 15) is 9.18 Å². The van der Waals surface area contributed by atoms with Gasteiger partial charge in [-0.25, -0.2) is 4.39 Å². The maximum Gasteiger partial charge on any atom is 0.277 e. The highest BCUT2D eigenvalue weighted by molar-refractivity contribution is 6.04. The number of carbonyl (C=O) groups is 1. The molecule has 0 aliphatic heterocycles. The van der Waals surface area contributed by atoms with Crippen molar-refractivity contribution in [2.45, 2.75) is 0 Å². The molecule has 134 valence electrons. The fourth-order valence-corrected chi connectivity index (χ4v) is 2.66. The lowest BCUT2D eigenvalue weighted by Gasteiger charge is -2.05. The zero-order chi connectivity index (χ0) is 18.8. The smallest absolute Gasteiger partial charge is 0.277 e. The van der Waals surface area contributed by atoms with Crippen LogP contribution in [0.3, 0.4) is 0 Å². The topological polar surface area (TPSA) is 77.2 Å². The maximum absolute atomic E-state index is 13.8. The fraction of sp³-hybridized carbons (Fsp3) is 0.0500. The van der Waals surface area contributed by atoms with E-state index >= 15 is 0 Å². The van der Waals surface area contributed by atoms with E-state index in [2.05, 4.69) is 15.5 Å². The minimum atomic E-state index is -0.476. The van der Waals surface area contributed by atoms with Crippen LogP contribution in [-0.2, 0) is 0 Å². The molecule has 27 heavy (non-hydrogen) atoms. The summed E-state index contributed by atoms with van der Waals surface area (Å²) in [6.07, 6.45) is 1.54. The Morgan fingerprint density at radius 2 is 2.00 bits per heavy atom. The van der Waals surface area contributed by atoms with Gasteiger partial charge >= 0.3 is 0 Å². The molecular weight excluding hydrogens is 349 g/mol. The van der Waals surface area contributed by atoms with E-state index in [4.69, 9.17) is 9.26 Å². The van der Waals surface area contributed by atoms with Crippen molar-refractivity contribution < 1.29 is 18.4 Å². The van der Waals surface area contributed by atoms with Gasteiger partial charge in [-0.3, -0.25) is 9.78 Å². The molecular formula is C20H14FN3O3. The Kier molecular flexibility index (Phi) is 4.25. The van der Waals surface area contributed by atoms with Gasteiger partial charge in [-0.15, -0.1) is 0 Å². The number of carbonyl (C=O) groups excluding carboxylic acids is 1. The molecule has 0 atom stereocenters. The maximum atomic E-state index is 13.8. The number of benzene rings is 2. The molecule has 0 spiro atoms. The Balaban J connectivity index is 1.56. The number of amides is 1. The summed E-state index contributed by atoms with van der Waals surface area (Å²) >= 11 is 0. The number of nitrogens with zero attached hydrogens (tertiary/aromatic N) is 2. The largest absolute Gasteiger partial charge is 0.497 e. The first kappa shape index (κ1) is 16.7. The van der Waals surface area contributed by atoms with E-state index in [0.29, 0.717) is 11.4 Å². The zero-order valence-electron chi connectivity index (χ0n) is 14.3. The quantitative estimate of drug-likeness (QED) is 0.585. The summed E-state index contributed by atoms with van der Waals surface area (Å²) < 4.78 is 24.1. The first-order valence-electron chi connectivity index (χ1n) is 8.11. The summed E-state index contributed by atoms with van der Waals surface area (Å²) in [6.45, 7) is 0. The number of ether oxygens (including phenoxy) is 1. The number of fused-ring (bicyclic) bond motifs is 1. The predicted molar refractivity (Wildman–Crippen MR) is 98.1 cm³/mol. The predicted octanol–water partition coefficient (Wildman–Crippen LogP) is 4.29. The lowest BCUT2D eigenvalue weighted by Crippen LogP contribution is -2.12. The van der Waals surface area contributed by atoms with Gasteiger partial charge in [-0.05, 0) is 30.3 Å². The summed E-state index contributed by atoms with van der Waals surface area (Å²) in [5.74, 6) is -0.0391. The molecule has 0 saturated heterocycles. The highest BCUT2D eigenvalue weighted by Crippen LogP contribution is 2.24. The number of anilines is 1. The third-order valence-corrected chi connectivity index (χ3v) is 4.03. The number of nitrogens with one attached hydrogen (secondary N) is 1. The second kappa shape index (κ2) is 6.87. The van der Waals surface area contributed by atoms with E-state index in [1.54, 1.807) is 37.4 Å². The summed E-state index contributed by atoms with van der Waals surface area (Å²) in [6, 6.07) is 14.8. The van der Waals surface area contributed by atoms with Crippen LogP contribution in [-0.4, -0.2) is 23.2 Å². The minimum absolute atomic E-state index is 0.0445. The zero-order valence-corrected chi connectivity index (χ0v) is 14.3. The molecule has 1 amide bonds. The van der Waals surface area contributed by atoms with Crippen molar-refractivity contribution in [3.8, 4) is 17.1 Å². The van der Waals surface area contributed by atoms with Gasteiger partial charge in [0.2, 0.25) is 0 Å². The number of halogens is 1. The van der Waals surface area contributed by atoms with Gasteiger partial charge in [0.15, 0.2) is 11.5 Å². The Hall–Kier alpha value is -3.74. The van der Waals surface area contributed by atoms with Gasteiger partial charge < -0.3 is 14.6 Å². The molecule has 2 aromatic heterocycles. The molecule has 0 aliphatic carbocycles. The van der Waals surface area contributed by atoms with Gasteiger partial charge in [0.1, 0.15) is 11.6 Å². The highest BCUT2D eigenvalue weighted by atomic mass is 19.1. The number of hydrogen-bond acceptors (Lipinski definition) is 5. The summed E-state index contributed by atoms with van der Waals surface area (Å²) in [4.78, 5) is 16.7. The minimum Gasteiger partial charge on any atom is -0.497 e. The van der Waals surface area contributed by atoms with Crippen LogP contribution in [0.25, 0.3) is 22.2 Å². The van der Waals surface area contributed by atoms with Crippen LogP contribution >= 0.6 is 0 Å². The van der Waals surface area contributed by atoms with Crippen LogP contribution in [0.1, 0.15) is 10.5 Å². The van der Waals surface area contributed by atoms with E-state index in [1.165, 1.54) is 18.3 Å². The van der Waals surface area contributed by atoms with Crippen molar-refractivity contribution in [1.29, 1.82) is 0 Å². The monoisotopic (exact) mass is 363 g/mol. The number of methoxy groups -OCH3 is 1. The third-order valence-electron chi connectivity index (χ3n) is 4.03. The molecule has 2 heterocycles. The van der Waals surface area contributed by atoms with Gasteiger partial charge in [0.25, 0.3) is 5.91 Å². The van der Waals surface area contributed by atoms with Crippen LogP contribution in [0.2, 0.25) is 0 Å². The summed E-state index contributed by atoms with van der Waals surface area (Å²) in [5, 5.41) is 7.28. The normalized spacial score (nSPS) is 10.7. The summed E-state index contributed by atoms with van der Waals surface area (Å²) in [5.41, 5.74) is 1.54. The van der Waals surface area contributed by atoms with Crippen molar-refractivity contribution in [3.63, 3.8) is 0 Å². The molecule has 0 aliphatic rings. The molecule has 0 radical (unpaired) electrons. The van der Waals surface area contributed by atoms with Crippen LogP contribution < -0.4 is 10.1 Å². The van der Waals surface area contributed by atoms with Crippen LogP contribution in [0.4, 0.5) is 10.1 Å². The van der Waals surface area contributed by atoms with Gasteiger partial charge in [-0.2, -0.15) is 0 Å². The SMILES string of the molecule is COc1ccc2cc(NC(=O)c3cc(-c4ccccc4F)on3)cnc2c1. The first-order valence-corrected chi connectivity index (χ1v) is 8.11. The molecule has 0 unspecified atom stereocenters. The number of rotatable bonds is 4. The van der Waals surface area contributed by atoms with Crippen LogP contribution in [0, 0.1) is 5.82 Å². The Labute approximate surface area is 153 Å². The third kappa shape index (κ3) is 3.35. The van der Waals surface area contributed by atoms with Crippen molar-refractivity contribution in [1.82, 2.24) is 10.1 Å². The standard InChI is InChI=1S/C20H14FN3O3/c1-26-14-7-6-12-8-13(11-22-17(12)9-14)23-20(25)18-10-19(27-24-18)15-4-2-3-5-16(15)21/h2-11H,1H3,(H,23,25). The van der Waals surface area contributed by atoms with Crippen LogP contribution in [0.5, 0.6) is 5.75 Å². The number of pyridine rings is 1. The second-order valence-electron chi connectivity index (χ2n) is 5.79. The number of aromatic nitrogens is 2. The molecule has 4 aromatic rings. The van der Waals surface area contributed by atoms with E-state index in [0.717, 1.165) is 10.9 Å². The van der Waals surface area contributed by atoms with Crippen LogP contribution in [0.15, 0.2) is 65.3 Å². The Morgan fingerprint density at radius 3 is 2.81 bits per heavy atom. The van der Waals surface area contributed by atoms with Crippen molar-refractivity contribution in [2.75, 3.05) is 12.4 Å². The van der Waals surface area contributed by atoms with E-state index in [-0.39, 0.29) is 17.0 Å². The van der Waals surface area contributed by atoms with E-state index < -0.39 is 11.7 Å². The average molecular weight is 363 g/mol. The fourth-order valence-electron chi connectivity index (χ4n) is 2.66. The lowest BCUT2D eigenvalue weighted by atomic mass is 10.1. The molecule has 6 nitrogen and oxygen atoms in total. The molecule has 0 bridgehead atoms. The highest BCUT2D eigenvalue weighted by Gasteiger charge is 2.16. The molecule has 0 fully saturated rings. The Morgan fingerprint density at radius 1 is 1.15 bits per heavy atom. The first-order chi connectivity index (χ1) is 13.1. The molecule has 1 N–H and O–H groups in total. The molecule has 2 aromatic carbocycles. The molecule has 4 rings (SSSR count). The van der Waals surface area contributed by atoms with Crippen molar-refractivity contribution in [3.05, 3.63) is 72.3 Å². The second-order valence-corrected chi connectivity index (χ2v) is 5.79. The number of hydrogen-bond donors (Lipinski definition) is 1. The van der Waals surface area contributed by atoms with Crippen molar-refractivity contribution >= 4 is 22.5 Å². The van der Waals surface area contributed by atoms with Gasteiger partial charge in [0, 0.05) is 17.5 Å². The lowest BCUT2D eigenvalue weighted by molar-refractivity contribution is 0.101.